The third-order valence-corrected chi connectivity index (χ3v) is 5.36. The SMILES string of the molecule is Cc1cc(NC(=O)Cc2ccc(Br)cc2)n(-c2cc(C)c3cccc(C)c3n2)n1. The first-order valence-corrected chi connectivity index (χ1v) is 10.2. The van der Waals surface area contributed by atoms with Crippen molar-refractivity contribution >= 4 is 38.6 Å². The Morgan fingerprint density at radius 3 is 2.55 bits per heavy atom. The minimum Gasteiger partial charge on any atom is -0.310 e. The topological polar surface area (TPSA) is 59.8 Å². The molecule has 2 aromatic heterocycles. The molecule has 29 heavy (non-hydrogen) atoms. The summed E-state index contributed by atoms with van der Waals surface area (Å²) in [5.74, 6) is 1.21. The Kier molecular flexibility index (Phi) is 5.20. The molecule has 0 bridgehead atoms. The van der Waals surface area contributed by atoms with Gasteiger partial charge in [-0.15, -0.1) is 0 Å². The summed E-state index contributed by atoms with van der Waals surface area (Å²) >= 11 is 3.41. The number of halogens is 1. The van der Waals surface area contributed by atoms with Gasteiger partial charge in [0.15, 0.2) is 5.82 Å². The lowest BCUT2D eigenvalue weighted by atomic mass is 10.1. The third-order valence-electron chi connectivity index (χ3n) is 4.83. The van der Waals surface area contributed by atoms with Crippen LogP contribution >= 0.6 is 15.9 Å². The molecule has 0 radical (unpaired) electrons. The van der Waals surface area contributed by atoms with Gasteiger partial charge in [-0.3, -0.25) is 4.79 Å². The molecule has 4 rings (SSSR count). The highest BCUT2D eigenvalue weighted by Gasteiger charge is 2.14. The van der Waals surface area contributed by atoms with Crippen molar-refractivity contribution in [3.05, 3.63) is 81.5 Å². The third kappa shape index (κ3) is 4.07. The number of pyridine rings is 1. The van der Waals surface area contributed by atoms with Gasteiger partial charge in [0.1, 0.15) is 5.82 Å². The zero-order valence-electron chi connectivity index (χ0n) is 16.5. The average Bonchev–Trinajstić information content (AvgIpc) is 3.04. The number of rotatable bonds is 4. The molecule has 146 valence electrons. The van der Waals surface area contributed by atoms with E-state index < -0.39 is 0 Å². The Hall–Kier alpha value is -2.99. The van der Waals surface area contributed by atoms with Crippen LogP contribution in [0.4, 0.5) is 5.82 Å². The van der Waals surface area contributed by atoms with Gasteiger partial charge in [-0.05, 0) is 55.7 Å². The van der Waals surface area contributed by atoms with Crippen molar-refractivity contribution in [2.75, 3.05) is 5.32 Å². The van der Waals surface area contributed by atoms with Crippen LogP contribution in [0.15, 0.2) is 59.1 Å². The molecular formula is C23H21BrN4O. The quantitative estimate of drug-likeness (QED) is 0.461. The second-order valence-electron chi connectivity index (χ2n) is 7.20. The fourth-order valence-corrected chi connectivity index (χ4v) is 3.65. The number of hydrogen-bond donors (Lipinski definition) is 1. The van der Waals surface area contributed by atoms with Crippen LogP contribution in [-0.4, -0.2) is 20.7 Å². The number of para-hydroxylation sites is 1. The number of fused-ring (bicyclic) bond motifs is 1. The fourth-order valence-electron chi connectivity index (χ4n) is 3.39. The highest BCUT2D eigenvalue weighted by molar-refractivity contribution is 9.10. The van der Waals surface area contributed by atoms with Crippen LogP contribution in [-0.2, 0) is 11.2 Å². The minimum absolute atomic E-state index is 0.0952. The number of carbonyl (C=O) groups excluding carboxylic acids is 1. The summed E-state index contributed by atoms with van der Waals surface area (Å²) in [7, 11) is 0. The molecule has 0 spiro atoms. The first kappa shape index (κ1) is 19.3. The Morgan fingerprint density at radius 1 is 1.03 bits per heavy atom. The zero-order chi connectivity index (χ0) is 20.5. The smallest absolute Gasteiger partial charge is 0.229 e. The van der Waals surface area contributed by atoms with E-state index in [0.29, 0.717) is 18.1 Å². The average molecular weight is 449 g/mol. The van der Waals surface area contributed by atoms with Gasteiger partial charge in [0.05, 0.1) is 17.6 Å². The second kappa shape index (κ2) is 7.79. The van der Waals surface area contributed by atoms with Gasteiger partial charge >= 0.3 is 0 Å². The van der Waals surface area contributed by atoms with E-state index >= 15 is 0 Å². The van der Waals surface area contributed by atoms with E-state index in [9.17, 15) is 4.79 Å². The molecule has 0 fully saturated rings. The Bertz CT molecular complexity index is 1210. The van der Waals surface area contributed by atoms with Crippen molar-refractivity contribution in [3.8, 4) is 5.82 Å². The number of amides is 1. The summed E-state index contributed by atoms with van der Waals surface area (Å²) in [5, 5.41) is 8.67. The van der Waals surface area contributed by atoms with E-state index in [1.54, 1.807) is 4.68 Å². The van der Waals surface area contributed by atoms with Gasteiger partial charge < -0.3 is 5.32 Å². The largest absolute Gasteiger partial charge is 0.310 e. The van der Waals surface area contributed by atoms with Crippen LogP contribution in [0.3, 0.4) is 0 Å². The summed E-state index contributed by atoms with van der Waals surface area (Å²) in [4.78, 5) is 17.4. The van der Waals surface area contributed by atoms with Crippen molar-refractivity contribution in [2.24, 2.45) is 0 Å². The van der Waals surface area contributed by atoms with Crippen LogP contribution < -0.4 is 5.32 Å². The van der Waals surface area contributed by atoms with Crippen LogP contribution in [0, 0.1) is 20.8 Å². The summed E-state index contributed by atoms with van der Waals surface area (Å²) in [5.41, 5.74) is 4.94. The molecule has 1 N–H and O–H groups in total. The summed E-state index contributed by atoms with van der Waals surface area (Å²) < 4.78 is 2.69. The number of nitrogens with zero attached hydrogens (tertiary/aromatic N) is 3. The van der Waals surface area contributed by atoms with E-state index in [0.717, 1.165) is 37.8 Å². The van der Waals surface area contributed by atoms with Crippen molar-refractivity contribution in [3.63, 3.8) is 0 Å². The summed E-state index contributed by atoms with van der Waals surface area (Å²) in [6.45, 7) is 6.02. The van der Waals surface area contributed by atoms with Crippen LogP contribution in [0.25, 0.3) is 16.7 Å². The maximum atomic E-state index is 12.6. The Labute approximate surface area is 177 Å². The maximum Gasteiger partial charge on any atom is 0.229 e. The van der Waals surface area contributed by atoms with E-state index in [1.165, 1.54) is 0 Å². The number of carbonyl (C=O) groups is 1. The van der Waals surface area contributed by atoms with E-state index in [4.69, 9.17) is 4.98 Å². The normalized spacial score (nSPS) is 11.0. The maximum absolute atomic E-state index is 12.6. The lowest BCUT2D eigenvalue weighted by Crippen LogP contribution is -2.17. The number of benzene rings is 2. The Morgan fingerprint density at radius 2 is 1.79 bits per heavy atom. The lowest BCUT2D eigenvalue weighted by molar-refractivity contribution is -0.115. The second-order valence-corrected chi connectivity index (χ2v) is 8.12. The number of nitrogens with one attached hydrogen (secondary N) is 1. The lowest BCUT2D eigenvalue weighted by Gasteiger charge is -2.12. The minimum atomic E-state index is -0.0952. The number of aromatic nitrogens is 3. The molecular weight excluding hydrogens is 428 g/mol. The highest BCUT2D eigenvalue weighted by Crippen LogP contribution is 2.24. The molecule has 0 aliphatic rings. The molecule has 2 aromatic carbocycles. The van der Waals surface area contributed by atoms with E-state index in [-0.39, 0.29) is 5.91 Å². The number of anilines is 1. The van der Waals surface area contributed by atoms with Gasteiger partial charge in [0.25, 0.3) is 0 Å². The molecule has 6 heteroatoms. The monoisotopic (exact) mass is 448 g/mol. The van der Waals surface area contributed by atoms with Gasteiger partial charge in [-0.2, -0.15) is 9.78 Å². The molecule has 5 nitrogen and oxygen atoms in total. The van der Waals surface area contributed by atoms with Crippen molar-refractivity contribution < 1.29 is 4.79 Å². The Balaban J connectivity index is 1.66. The zero-order valence-corrected chi connectivity index (χ0v) is 18.1. The van der Waals surface area contributed by atoms with Crippen LogP contribution in [0.1, 0.15) is 22.4 Å². The fraction of sp³-hybridized carbons (Fsp3) is 0.174. The van der Waals surface area contributed by atoms with Gasteiger partial charge in [0.2, 0.25) is 5.91 Å². The summed E-state index contributed by atoms with van der Waals surface area (Å²) in [6.07, 6.45) is 0.292. The molecule has 1 amide bonds. The first-order chi connectivity index (χ1) is 13.9. The molecule has 4 aromatic rings. The molecule has 0 aliphatic carbocycles. The molecule has 2 heterocycles. The molecule has 0 saturated carbocycles. The standard InChI is InChI=1S/C23H21BrN4O/c1-14-5-4-6-19-15(2)11-20(26-23(14)19)28-21(12-16(3)27-28)25-22(29)13-17-7-9-18(24)10-8-17/h4-12H,13H2,1-3H3,(H,25,29). The van der Waals surface area contributed by atoms with Crippen molar-refractivity contribution in [1.82, 2.24) is 14.8 Å². The molecule has 0 unspecified atom stereocenters. The van der Waals surface area contributed by atoms with E-state index in [1.807, 2.05) is 62.4 Å². The highest BCUT2D eigenvalue weighted by atomic mass is 79.9. The summed E-state index contributed by atoms with van der Waals surface area (Å²) in [6, 6.07) is 17.8. The van der Waals surface area contributed by atoms with E-state index in [2.05, 4.69) is 39.3 Å². The van der Waals surface area contributed by atoms with Crippen molar-refractivity contribution in [2.45, 2.75) is 27.2 Å². The van der Waals surface area contributed by atoms with Gasteiger partial charge in [-0.25, -0.2) is 4.98 Å². The van der Waals surface area contributed by atoms with Crippen molar-refractivity contribution in [1.29, 1.82) is 0 Å². The predicted molar refractivity (Wildman–Crippen MR) is 120 cm³/mol. The predicted octanol–water partition coefficient (Wildman–Crippen LogP) is 5.29. The number of aryl methyl sites for hydroxylation is 3. The molecule has 0 atom stereocenters. The first-order valence-electron chi connectivity index (χ1n) is 9.39. The van der Waals surface area contributed by atoms with Crippen LogP contribution in [0.2, 0.25) is 0 Å². The van der Waals surface area contributed by atoms with Crippen LogP contribution in [0.5, 0.6) is 0 Å². The molecule has 0 aliphatic heterocycles. The number of hydrogen-bond acceptors (Lipinski definition) is 3. The van der Waals surface area contributed by atoms with Gasteiger partial charge in [-0.1, -0.05) is 46.3 Å². The molecule has 0 saturated heterocycles. The van der Waals surface area contributed by atoms with Gasteiger partial charge in [0, 0.05) is 15.9 Å².